The maximum absolute atomic E-state index is 11.7. The first-order valence-electron chi connectivity index (χ1n) is 6.43. The Bertz CT molecular complexity index is 634. The van der Waals surface area contributed by atoms with Gasteiger partial charge in [-0.05, 0) is 35.4 Å². The number of rotatable bonds is 5. The standard InChI is InChI=1S/C16H16N2O3/c17-14-7-3-11(4-8-14)9-15(19)21-10-12-1-5-13(6-2-12)16(18)20/h1-8H,9-10,17H2,(H2,18,20). The lowest BCUT2D eigenvalue weighted by Crippen LogP contribution is -2.11. The Morgan fingerprint density at radius 3 is 2.05 bits per heavy atom. The fourth-order valence-corrected chi connectivity index (χ4v) is 1.78. The summed E-state index contributed by atoms with van der Waals surface area (Å²) in [7, 11) is 0. The number of carbonyl (C=O) groups excluding carboxylic acids is 2. The molecule has 2 aromatic carbocycles. The Kier molecular flexibility index (Phi) is 4.56. The van der Waals surface area contributed by atoms with Crippen LogP contribution in [0.5, 0.6) is 0 Å². The molecule has 0 bridgehead atoms. The fraction of sp³-hybridized carbons (Fsp3) is 0.125. The zero-order valence-corrected chi connectivity index (χ0v) is 11.4. The summed E-state index contributed by atoms with van der Waals surface area (Å²) in [4.78, 5) is 22.7. The van der Waals surface area contributed by atoms with Gasteiger partial charge in [0.15, 0.2) is 0 Å². The zero-order chi connectivity index (χ0) is 15.2. The van der Waals surface area contributed by atoms with Gasteiger partial charge in [-0.25, -0.2) is 0 Å². The highest BCUT2D eigenvalue weighted by atomic mass is 16.5. The first kappa shape index (κ1) is 14.6. The van der Waals surface area contributed by atoms with E-state index in [1.807, 2.05) is 0 Å². The van der Waals surface area contributed by atoms with Crippen LogP contribution in [0.3, 0.4) is 0 Å². The molecule has 2 rings (SSSR count). The van der Waals surface area contributed by atoms with E-state index in [1.165, 1.54) is 0 Å². The minimum atomic E-state index is -0.484. The third-order valence-corrected chi connectivity index (χ3v) is 2.97. The summed E-state index contributed by atoms with van der Waals surface area (Å²) in [5.74, 6) is -0.805. The Balaban J connectivity index is 1.86. The van der Waals surface area contributed by atoms with E-state index in [-0.39, 0.29) is 19.0 Å². The first-order valence-corrected chi connectivity index (χ1v) is 6.43. The Hall–Kier alpha value is -2.82. The normalized spacial score (nSPS) is 10.1. The van der Waals surface area contributed by atoms with Crippen molar-refractivity contribution in [3.8, 4) is 0 Å². The number of carbonyl (C=O) groups is 2. The van der Waals surface area contributed by atoms with Crippen LogP contribution in [0.15, 0.2) is 48.5 Å². The van der Waals surface area contributed by atoms with Gasteiger partial charge in [0, 0.05) is 11.3 Å². The third-order valence-electron chi connectivity index (χ3n) is 2.97. The lowest BCUT2D eigenvalue weighted by molar-refractivity contribution is -0.144. The van der Waals surface area contributed by atoms with Gasteiger partial charge in [0.05, 0.1) is 6.42 Å². The number of anilines is 1. The zero-order valence-electron chi connectivity index (χ0n) is 11.4. The number of hydrogen-bond donors (Lipinski definition) is 2. The van der Waals surface area contributed by atoms with Crippen LogP contribution in [0.2, 0.25) is 0 Å². The molecule has 0 aliphatic carbocycles. The van der Waals surface area contributed by atoms with Crippen LogP contribution >= 0.6 is 0 Å². The van der Waals surface area contributed by atoms with E-state index >= 15 is 0 Å². The highest BCUT2D eigenvalue weighted by Gasteiger charge is 2.06. The highest BCUT2D eigenvalue weighted by Crippen LogP contribution is 2.09. The summed E-state index contributed by atoms with van der Waals surface area (Å²) in [5, 5.41) is 0. The predicted octanol–water partition coefficient (Wildman–Crippen LogP) is 1.65. The number of amides is 1. The van der Waals surface area contributed by atoms with Crippen LogP contribution in [-0.2, 0) is 22.6 Å². The summed E-state index contributed by atoms with van der Waals surface area (Å²) in [6.07, 6.45) is 0.194. The molecule has 0 aliphatic rings. The Labute approximate surface area is 122 Å². The van der Waals surface area contributed by atoms with Crippen molar-refractivity contribution in [1.29, 1.82) is 0 Å². The average Bonchev–Trinajstić information content (AvgIpc) is 2.48. The molecular formula is C16H16N2O3. The molecule has 0 unspecified atom stereocenters. The molecule has 1 amide bonds. The molecule has 0 aromatic heterocycles. The van der Waals surface area contributed by atoms with Gasteiger partial charge in [-0.3, -0.25) is 9.59 Å². The molecule has 0 saturated carbocycles. The molecule has 5 heteroatoms. The number of primary amides is 1. The van der Waals surface area contributed by atoms with Crippen molar-refractivity contribution in [3.05, 3.63) is 65.2 Å². The number of nitrogen functional groups attached to an aromatic ring is 1. The predicted molar refractivity (Wildman–Crippen MR) is 79.3 cm³/mol. The van der Waals surface area contributed by atoms with E-state index in [0.29, 0.717) is 11.3 Å². The molecule has 0 radical (unpaired) electrons. The first-order chi connectivity index (χ1) is 10.0. The van der Waals surface area contributed by atoms with Gasteiger partial charge in [-0.1, -0.05) is 24.3 Å². The van der Waals surface area contributed by atoms with Gasteiger partial charge in [-0.15, -0.1) is 0 Å². The quantitative estimate of drug-likeness (QED) is 0.644. The average molecular weight is 284 g/mol. The van der Waals surface area contributed by atoms with E-state index < -0.39 is 5.91 Å². The van der Waals surface area contributed by atoms with E-state index in [4.69, 9.17) is 16.2 Å². The van der Waals surface area contributed by atoms with Gasteiger partial charge < -0.3 is 16.2 Å². The maximum atomic E-state index is 11.7. The van der Waals surface area contributed by atoms with Crippen LogP contribution in [0, 0.1) is 0 Å². The van der Waals surface area contributed by atoms with E-state index in [1.54, 1.807) is 48.5 Å². The van der Waals surface area contributed by atoms with Crippen molar-refractivity contribution in [1.82, 2.24) is 0 Å². The molecular weight excluding hydrogens is 268 g/mol. The monoisotopic (exact) mass is 284 g/mol. The molecule has 0 spiro atoms. The number of esters is 1. The maximum Gasteiger partial charge on any atom is 0.310 e. The van der Waals surface area contributed by atoms with Crippen molar-refractivity contribution in [3.63, 3.8) is 0 Å². The lowest BCUT2D eigenvalue weighted by Gasteiger charge is -2.06. The molecule has 2 aromatic rings. The minimum absolute atomic E-state index is 0.160. The molecule has 108 valence electrons. The van der Waals surface area contributed by atoms with E-state index in [9.17, 15) is 9.59 Å². The second-order valence-corrected chi connectivity index (χ2v) is 4.64. The number of ether oxygens (including phenoxy) is 1. The smallest absolute Gasteiger partial charge is 0.310 e. The Morgan fingerprint density at radius 1 is 0.905 bits per heavy atom. The van der Waals surface area contributed by atoms with Crippen LogP contribution < -0.4 is 11.5 Å². The highest BCUT2D eigenvalue weighted by molar-refractivity contribution is 5.92. The van der Waals surface area contributed by atoms with Gasteiger partial charge in [0.2, 0.25) is 5.91 Å². The summed E-state index contributed by atoms with van der Waals surface area (Å²) < 4.78 is 5.18. The summed E-state index contributed by atoms with van der Waals surface area (Å²) in [6, 6.07) is 13.7. The fourth-order valence-electron chi connectivity index (χ4n) is 1.78. The molecule has 4 N–H and O–H groups in total. The molecule has 5 nitrogen and oxygen atoms in total. The van der Waals surface area contributed by atoms with Crippen LogP contribution in [0.4, 0.5) is 5.69 Å². The lowest BCUT2D eigenvalue weighted by atomic mass is 10.1. The molecule has 0 atom stereocenters. The second-order valence-electron chi connectivity index (χ2n) is 4.64. The summed E-state index contributed by atoms with van der Waals surface area (Å²) in [6.45, 7) is 0.160. The van der Waals surface area contributed by atoms with Crippen LogP contribution in [-0.4, -0.2) is 11.9 Å². The molecule has 21 heavy (non-hydrogen) atoms. The molecule has 0 fully saturated rings. The van der Waals surface area contributed by atoms with Crippen LogP contribution in [0.25, 0.3) is 0 Å². The number of benzene rings is 2. The van der Waals surface area contributed by atoms with Crippen molar-refractivity contribution >= 4 is 17.6 Å². The number of nitrogens with two attached hydrogens (primary N) is 2. The largest absolute Gasteiger partial charge is 0.461 e. The van der Waals surface area contributed by atoms with Gasteiger partial charge >= 0.3 is 5.97 Å². The van der Waals surface area contributed by atoms with Gasteiger partial charge in [-0.2, -0.15) is 0 Å². The summed E-state index contributed by atoms with van der Waals surface area (Å²) in [5.41, 5.74) is 13.4. The SMILES string of the molecule is NC(=O)c1ccc(COC(=O)Cc2ccc(N)cc2)cc1. The minimum Gasteiger partial charge on any atom is -0.461 e. The van der Waals surface area contributed by atoms with E-state index in [2.05, 4.69) is 0 Å². The topological polar surface area (TPSA) is 95.4 Å². The van der Waals surface area contributed by atoms with Gasteiger partial charge in [0.1, 0.15) is 6.61 Å². The van der Waals surface area contributed by atoms with Crippen LogP contribution in [0.1, 0.15) is 21.5 Å². The van der Waals surface area contributed by atoms with Crippen molar-refractivity contribution in [2.75, 3.05) is 5.73 Å². The van der Waals surface area contributed by atoms with Crippen molar-refractivity contribution < 1.29 is 14.3 Å². The van der Waals surface area contributed by atoms with Gasteiger partial charge in [0.25, 0.3) is 0 Å². The number of hydrogen-bond acceptors (Lipinski definition) is 4. The summed E-state index contributed by atoms with van der Waals surface area (Å²) >= 11 is 0. The van der Waals surface area contributed by atoms with E-state index in [0.717, 1.165) is 11.1 Å². The van der Waals surface area contributed by atoms with Crippen molar-refractivity contribution in [2.45, 2.75) is 13.0 Å². The molecule has 0 aliphatic heterocycles. The molecule has 0 heterocycles. The Morgan fingerprint density at radius 2 is 1.48 bits per heavy atom. The van der Waals surface area contributed by atoms with Crippen molar-refractivity contribution in [2.24, 2.45) is 5.73 Å². The second kappa shape index (κ2) is 6.56. The molecule has 0 saturated heterocycles. The third kappa shape index (κ3) is 4.35.